The largest absolute Gasteiger partial charge is 0.396 e. The fourth-order valence-corrected chi connectivity index (χ4v) is 0.727. The Hall–Kier alpha value is -1.09. The summed E-state index contributed by atoms with van der Waals surface area (Å²) in [4.78, 5) is 19.1. The van der Waals surface area contributed by atoms with Gasteiger partial charge in [-0.1, -0.05) is 5.23 Å². The molecule has 0 saturated carbocycles. The highest BCUT2D eigenvalue weighted by molar-refractivity contribution is 5.76. The summed E-state index contributed by atoms with van der Waals surface area (Å²) < 4.78 is 0. The Morgan fingerprint density at radius 1 is 1.14 bits per heavy atom. The summed E-state index contributed by atoms with van der Waals surface area (Å²) in [5.74, 6) is 0.141. The van der Waals surface area contributed by atoms with Crippen molar-refractivity contribution in [3.05, 3.63) is 0 Å². The maximum atomic E-state index is 5.39. The molecule has 2 N–H and O–H groups in total. The van der Waals surface area contributed by atoms with Gasteiger partial charge in [0.25, 0.3) is 0 Å². The molecule has 0 radical (unpaired) electrons. The maximum Gasteiger partial charge on any atom is 0.314 e. The average molecular weight is 208 g/mol. The van der Waals surface area contributed by atoms with Crippen molar-refractivity contribution >= 4 is 5.96 Å². The lowest BCUT2D eigenvalue weighted by Gasteiger charge is -2.26. The average Bonchev–Trinajstić information content (AvgIpc) is 2.21. The molecular weight excluding hydrogens is 192 g/mol. The van der Waals surface area contributed by atoms with Gasteiger partial charge >= 0.3 is 5.96 Å². The van der Waals surface area contributed by atoms with E-state index in [1.54, 1.807) is 0 Å². The summed E-state index contributed by atoms with van der Waals surface area (Å²) in [6, 6.07) is 0. The molecule has 0 bridgehead atoms. The third-order valence-corrected chi connectivity index (χ3v) is 1.28. The van der Waals surface area contributed by atoms with Gasteiger partial charge in [-0.3, -0.25) is 4.84 Å². The molecule has 0 aromatic rings. The SMILES string of the molecule is CO/N=C(/N(CN)OC)N(OC)OC. The molecule has 0 atom stereocenters. The molecule has 0 amide bonds. The number of guanidine groups is 1. The van der Waals surface area contributed by atoms with Crippen molar-refractivity contribution in [1.82, 2.24) is 10.3 Å². The summed E-state index contributed by atoms with van der Waals surface area (Å²) in [6.45, 7) is 0.0713. The van der Waals surface area contributed by atoms with Gasteiger partial charge in [0.05, 0.1) is 28.0 Å². The van der Waals surface area contributed by atoms with Crippen molar-refractivity contribution in [2.75, 3.05) is 35.1 Å². The number of hydroxylamine groups is 4. The zero-order valence-electron chi connectivity index (χ0n) is 8.76. The van der Waals surface area contributed by atoms with Gasteiger partial charge < -0.3 is 10.6 Å². The fourth-order valence-electron chi connectivity index (χ4n) is 0.727. The van der Waals surface area contributed by atoms with E-state index < -0.39 is 0 Å². The molecule has 0 fully saturated rings. The summed E-state index contributed by atoms with van der Waals surface area (Å²) in [5, 5.41) is 5.83. The molecule has 0 unspecified atom stereocenters. The predicted octanol–water partition coefficient (Wildman–Crippen LogP) is -0.892. The Bertz CT molecular complexity index is 155. The van der Waals surface area contributed by atoms with Gasteiger partial charge in [-0.2, -0.15) is 0 Å². The molecule has 84 valence electrons. The van der Waals surface area contributed by atoms with Crippen LogP contribution in [-0.2, 0) is 19.4 Å². The van der Waals surface area contributed by atoms with E-state index in [9.17, 15) is 0 Å². The summed E-state index contributed by atoms with van der Waals surface area (Å²) >= 11 is 0. The van der Waals surface area contributed by atoms with Crippen molar-refractivity contribution in [1.29, 1.82) is 0 Å². The van der Waals surface area contributed by atoms with Crippen molar-refractivity contribution in [3.63, 3.8) is 0 Å². The maximum absolute atomic E-state index is 5.39. The van der Waals surface area contributed by atoms with Crippen LogP contribution in [0.1, 0.15) is 0 Å². The van der Waals surface area contributed by atoms with Crippen LogP contribution in [0.4, 0.5) is 0 Å². The van der Waals surface area contributed by atoms with Crippen LogP contribution in [0, 0.1) is 0 Å². The summed E-state index contributed by atoms with van der Waals surface area (Å²) in [6.07, 6.45) is 0. The minimum atomic E-state index is 0.0713. The Morgan fingerprint density at radius 2 is 1.71 bits per heavy atom. The van der Waals surface area contributed by atoms with Crippen LogP contribution in [0.3, 0.4) is 0 Å². The third kappa shape index (κ3) is 3.34. The van der Waals surface area contributed by atoms with Crippen molar-refractivity contribution < 1.29 is 19.4 Å². The van der Waals surface area contributed by atoms with E-state index in [4.69, 9.17) is 20.2 Å². The Balaban J connectivity index is 4.63. The molecular formula is C6H16N4O4. The van der Waals surface area contributed by atoms with Crippen molar-refractivity contribution in [3.8, 4) is 0 Å². The fraction of sp³-hybridized carbons (Fsp3) is 0.833. The summed E-state index contributed by atoms with van der Waals surface area (Å²) in [5.41, 5.74) is 5.39. The molecule has 0 saturated heterocycles. The molecule has 14 heavy (non-hydrogen) atoms. The molecule has 8 nitrogen and oxygen atoms in total. The Labute approximate surface area is 82.6 Å². The van der Waals surface area contributed by atoms with Crippen LogP contribution in [0.15, 0.2) is 5.16 Å². The minimum absolute atomic E-state index is 0.0713. The van der Waals surface area contributed by atoms with Crippen LogP contribution >= 0.6 is 0 Å². The second-order valence-electron chi connectivity index (χ2n) is 1.94. The first kappa shape index (κ1) is 12.9. The van der Waals surface area contributed by atoms with Crippen LogP contribution < -0.4 is 5.73 Å². The van der Waals surface area contributed by atoms with Crippen molar-refractivity contribution in [2.24, 2.45) is 10.9 Å². The van der Waals surface area contributed by atoms with E-state index in [-0.39, 0.29) is 12.6 Å². The predicted molar refractivity (Wildman–Crippen MR) is 48.2 cm³/mol. The van der Waals surface area contributed by atoms with E-state index in [1.165, 1.54) is 33.5 Å². The molecule has 8 heteroatoms. The number of nitrogens with zero attached hydrogens (tertiary/aromatic N) is 3. The van der Waals surface area contributed by atoms with Gasteiger partial charge in [-0.25, -0.2) is 14.7 Å². The molecule has 0 aromatic carbocycles. The van der Waals surface area contributed by atoms with Crippen LogP contribution in [0.2, 0.25) is 0 Å². The van der Waals surface area contributed by atoms with Gasteiger partial charge in [-0.15, -0.1) is 0 Å². The molecule has 0 heterocycles. The highest BCUT2D eigenvalue weighted by Crippen LogP contribution is 1.99. The van der Waals surface area contributed by atoms with E-state index in [0.29, 0.717) is 0 Å². The minimum Gasteiger partial charge on any atom is -0.396 e. The third-order valence-electron chi connectivity index (χ3n) is 1.28. The highest BCUT2D eigenvalue weighted by Gasteiger charge is 2.19. The zero-order valence-corrected chi connectivity index (χ0v) is 8.76. The standard InChI is InChI=1S/C6H16N4O4/c1-11-8-6(9(5-7)12-2)10(13-3)14-4/h5,7H2,1-4H3/b8-6-. The van der Waals surface area contributed by atoms with E-state index >= 15 is 0 Å². The van der Waals surface area contributed by atoms with Gasteiger partial charge in [0.1, 0.15) is 7.11 Å². The molecule has 0 aromatic heterocycles. The van der Waals surface area contributed by atoms with Crippen molar-refractivity contribution in [2.45, 2.75) is 0 Å². The van der Waals surface area contributed by atoms with E-state index in [1.807, 2.05) is 0 Å². The Morgan fingerprint density at radius 3 is 2.00 bits per heavy atom. The van der Waals surface area contributed by atoms with Crippen LogP contribution in [0.5, 0.6) is 0 Å². The first-order valence-corrected chi connectivity index (χ1v) is 3.76. The first-order valence-electron chi connectivity index (χ1n) is 3.76. The zero-order chi connectivity index (χ0) is 11.0. The van der Waals surface area contributed by atoms with Gasteiger partial charge in [-0.05, 0) is 5.16 Å². The first-order chi connectivity index (χ1) is 6.74. The number of hydrogen-bond donors (Lipinski definition) is 1. The lowest BCUT2D eigenvalue weighted by Crippen LogP contribution is -2.45. The molecule has 0 rings (SSSR count). The second kappa shape index (κ2) is 7.33. The van der Waals surface area contributed by atoms with E-state index in [0.717, 1.165) is 5.23 Å². The number of nitrogens with two attached hydrogens (primary N) is 1. The smallest absolute Gasteiger partial charge is 0.314 e. The van der Waals surface area contributed by atoms with Gasteiger partial charge in [0, 0.05) is 0 Å². The second-order valence-corrected chi connectivity index (χ2v) is 1.94. The number of hydrogen-bond acceptors (Lipinski definition) is 6. The lowest BCUT2D eigenvalue weighted by molar-refractivity contribution is -0.304. The van der Waals surface area contributed by atoms with Gasteiger partial charge in [0.2, 0.25) is 0 Å². The summed E-state index contributed by atoms with van der Waals surface area (Å²) in [7, 11) is 5.62. The monoisotopic (exact) mass is 208 g/mol. The van der Waals surface area contributed by atoms with Crippen LogP contribution in [0.25, 0.3) is 0 Å². The molecule has 0 spiro atoms. The lowest BCUT2D eigenvalue weighted by atomic mass is 10.9. The Kier molecular flexibility index (Phi) is 6.76. The van der Waals surface area contributed by atoms with E-state index in [2.05, 4.69) is 9.99 Å². The normalized spacial score (nSPS) is 11.4. The molecule has 0 aliphatic heterocycles. The highest BCUT2D eigenvalue weighted by atomic mass is 17.0. The number of oxime groups is 1. The molecule has 0 aliphatic carbocycles. The number of rotatable bonds is 5. The molecule has 0 aliphatic rings. The van der Waals surface area contributed by atoms with Crippen LogP contribution in [-0.4, -0.2) is 51.4 Å². The topological polar surface area (TPSA) is 81.8 Å². The quantitative estimate of drug-likeness (QED) is 0.271. The van der Waals surface area contributed by atoms with Gasteiger partial charge in [0.15, 0.2) is 0 Å².